The summed E-state index contributed by atoms with van der Waals surface area (Å²) < 4.78 is 9.93. The van der Waals surface area contributed by atoms with Crippen molar-refractivity contribution in [2.75, 3.05) is 26.9 Å². The number of carbonyl (C=O) groups is 1. The van der Waals surface area contributed by atoms with Gasteiger partial charge in [0.2, 0.25) is 0 Å². The molecular weight excluding hydrogens is 262 g/mol. The average molecular weight is 280 g/mol. The number of hydrogen-bond donors (Lipinski definition) is 1. The van der Waals surface area contributed by atoms with Crippen molar-refractivity contribution in [3.8, 4) is 0 Å². The molecule has 0 aromatic heterocycles. The minimum Gasteiger partial charge on any atom is -0.468 e. The summed E-state index contributed by atoms with van der Waals surface area (Å²) in [7, 11) is 1.39. The fraction of sp³-hybridized carbons (Fsp3) is 0.900. The Balaban J connectivity index is 2.20. The first-order valence-electron chi connectivity index (χ1n) is 5.18. The van der Waals surface area contributed by atoms with E-state index in [-0.39, 0.29) is 10.8 Å². The zero-order chi connectivity index (χ0) is 11.3. The quantitative estimate of drug-likeness (QED) is 0.601. The predicted molar refractivity (Wildman–Crippen MR) is 61.1 cm³/mol. The molecule has 3 unspecified atom stereocenters. The van der Waals surface area contributed by atoms with Gasteiger partial charge < -0.3 is 14.8 Å². The molecule has 3 atom stereocenters. The van der Waals surface area contributed by atoms with Gasteiger partial charge in [-0.25, -0.2) is 0 Å². The van der Waals surface area contributed by atoms with Crippen LogP contribution in [0.2, 0.25) is 0 Å². The van der Waals surface area contributed by atoms with Crippen LogP contribution in [0.25, 0.3) is 0 Å². The van der Waals surface area contributed by atoms with Crippen molar-refractivity contribution in [2.24, 2.45) is 5.92 Å². The molecule has 1 aliphatic heterocycles. The largest absolute Gasteiger partial charge is 0.468 e. The number of hydrogen-bond acceptors (Lipinski definition) is 4. The lowest BCUT2D eigenvalue weighted by Gasteiger charge is -2.20. The number of alkyl halides is 1. The van der Waals surface area contributed by atoms with E-state index in [0.29, 0.717) is 18.5 Å². The van der Waals surface area contributed by atoms with Crippen molar-refractivity contribution in [1.82, 2.24) is 5.32 Å². The van der Waals surface area contributed by atoms with Crippen LogP contribution in [0.5, 0.6) is 0 Å². The molecule has 1 heterocycles. The van der Waals surface area contributed by atoms with Gasteiger partial charge in [-0.2, -0.15) is 0 Å². The highest BCUT2D eigenvalue weighted by Crippen LogP contribution is 2.16. The van der Waals surface area contributed by atoms with Crippen LogP contribution >= 0.6 is 15.9 Å². The Kier molecular flexibility index (Phi) is 5.56. The second kappa shape index (κ2) is 6.45. The molecule has 5 heteroatoms. The lowest BCUT2D eigenvalue weighted by atomic mass is 10.0. The molecule has 0 spiro atoms. The van der Waals surface area contributed by atoms with Crippen molar-refractivity contribution in [3.05, 3.63) is 0 Å². The van der Waals surface area contributed by atoms with Gasteiger partial charge in [-0.3, -0.25) is 4.79 Å². The van der Waals surface area contributed by atoms with E-state index in [1.54, 1.807) is 0 Å². The Morgan fingerprint density at radius 2 is 2.47 bits per heavy atom. The first kappa shape index (κ1) is 12.9. The van der Waals surface area contributed by atoms with Gasteiger partial charge in [0.25, 0.3) is 0 Å². The number of carbonyl (C=O) groups excluding carboxylic acids is 1. The summed E-state index contributed by atoms with van der Waals surface area (Å²) in [6.07, 6.45) is 1.10. The first-order valence-corrected chi connectivity index (χ1v) is 6.09. The van der Waals surface area contributed by atoms with Crippen molar-refractivity contribution >= 4 is 21.9 Å². The van der Waals surface area contributed by atoms with Crippen molar-refractivity contribution in [3.63, 3.8) is 0 Å². The minimum atomic E-state index is -0.271. The summed E-state index contributed by atoms with van der Waals surface area (Å²) in [5.74, 6) is 0.319. The molecule has 0 aromatic carbocycles. The summed E-state index contributed by atoms with van der Waals surface area (Å²) in [6.45, 7) is 4.38. The van der Waals surface area contributed by atoms with Crippen molar-refractivity contribution in [2.45, 2.75) is 24.2 Å². The molecule has 1 fully saturated rings. The zero-order valence-corrected chi connectivity index (χ0v) is 10.7. The predicted octanol–water partition coefficient (Wildman–Crippen LogP) is 0.938. The van der Waals surface area contributed by atoms with E-state index in [0.717, 1.165) is 19.6 Å². The van der Waals surface area contributed by atoms with E-state index in [9.17, 15) is 4.79 Å². The molecule has 0 bridgehead atoms. The zero-order valence-electron chi connectivity index (χ0n) is 9.16. The summed E-state index contributed by atoms with van der Waals surface area (Å²) >= 11 is 3.27. The van der Waals surface area contributed by atoms with E-state index in [1.807, 2.05) is 0 Å². The topological polar surface area (TPSA) is 47.6 Å². The second-order valence-corrected chi connectivity index (χ2v) is 4.92. The third kappa shape index (κ3) is 4.09. The van der Waals surface area contributed by atoms with Crippen LogP contribution in [0.1, 0.15) is 13.3 Å². The number of nitrogens with one attached hydrogen (secondary N) is 1. The molecule has 0 aliphatic carbocycles. The van der Waals surface area contributed by atoms with Crippen LogP contribution in [0.15, 0.2) is 0 Å². The molecule has 0 amide bonds. The Morgan fingerprint density at radius 1 is 1.73 bits per heavy atom. The number of methoxy groups -OCH3 is 1. The maximum Gasteiger partial charge on any atom is 0.320 e. The van der Waals surface area contributed by atoms with Crippen molar-refractivity contribution < 1.29 is 14.3 Å². The van der Waals surface area contributed by atoms with Gasteiger partial charge in [0, 0.05) is 19.2 Å². The highest BCUT2D eigenvalue weighted by molar-refractivity contribution is 9.10. The normalized spacial score (nSPS) is 24.9. The molecule has 88 valence electrons. The SMILES string of the molecule is COC(=O)C(Br)CNC(C)C1CCOC1. The number of rotatable bonds is 5. The number of ether oxygens (including phenoxy) is 2. The fourth-order valence-corrected chi connectivity index (χ4v) is 1.99. The Bertz CT molecular complexity index is 207. The average Bonchev–Trinajstić information content (AvgIpc) is 2.77. The van der Waals surface area contributed by atoms with Gasteiger partial charge in [0.05, 0.1) is 13.7 Å². The molecule has 1 aliphatic rings. The maximum atomic E-state index is 11.1. The lowest BCUT2D eigenvalue weighted by Crippen LogP contribution is -2.39. The van der Waals surface area contributed by atoms with Crippen molar-refractivity contribution in [1.29, 1.82) is 0 Å². The standard InChI is InChI=1S/C10H18BrNO3/c1-7(8-3-4-15-6-8)12-5-9(11)10(13)14-2/h7-9,12H,3-6H2,1-2H3. The number of halogens is 1. The highest BCUT2D eigenvalue weighted by atomic mass is 79.9. The maximum absolute atomic E-state index is 11.1. The summed E-state index contributed by atoms with van der Waals surface area (Å²) in [6, 6.07) is 0.372. The molecule has 0 saturated carbocycles. The van der Waals surface area contributed by atoms with Crippen LogP contribution < -0.4 is 5.32 Å². The smallest absolute Gasteiger partial charge is 0.320 e. The molecule has 1 N–H and O–H groups in total. The Labute approximate surface area is 98.8 Å². The summed E-state index contributed by atoms with van der Waals surface area (Å²) in [5, 5.41) is 3.31. The van der Waals surface area contributed by atoms with E-state index >= 15 is 0 Å². The third-order valence-corrected chi connectivity index (χ3v) is 3.45. The molecule has 0 radical (unpaired) electrons. The van der Waals surface area contributed by atoms with E-state index in [4.69, 9.17) is 4.74 Å². The molecule has 0 aromatic rings. The highest BCUT2D eigenvalue weighted by Gasteiger charge is 2.23. The van der Waals surface area contributed by atoms with Gasteiger partial charge in [-0.05, 0) is 19.3 Å². The third-order valence-electron chi connectivity index (χ3n) is 2.75. The summed E-state index contributed by atoms with van der Waals surface area (Å²) in [5.41, 5.74) is 0. The molecule has 1 saturated heterocycles. The Hall–Kier alpha value is -0.130. The van der Waals surface area contributed by atoms with Crippen LogP contribution in [-0.2, 0) is 14.3 Å². The fourth-order valence-electron chi connectivity index (χ4n) is 1.61. The number of esters is 1. The first-order chi connectivity index (χ1) is 7.15. The van der Waals surface area contributed by atoms with Crippen LogP contribution in [0, 0.1) is 5.92 Å². The van der Waals surface area contributed by atoms with Crippen LogP contribution in [0.3, 0.4) is 0 Å². The van der Waals surface area contributed by atoms with E-state index < -0.39 is 0 Å². The van der Waals surface area contributed by atoms with Crippen LogP contribution in [0.4, 0.5) is 0 Å². The van der Waals surface area contributed by atoms with Crippen LogP contribution in [-0.4, -0.2) is 43.7 Å². The van der Waals surface area contributed by atoms with E-state index in [1.165, 1.54) is 7.11 Å². The summed E-state index contributed by atoms with van der Waals surface area (Å²) in [4.78, 5) is 10.8. The van der Waals surface area contributed by atoms with Gasteiger partial charge in [-0.15, -0.1) is 0 Å². The monoisotopic (exact) mass is 279 g/mol. The van der Waals surface area contributed by atoms with Gasteiger partial charge >= 0.3 is 5.97 Å². The molecule has 15 heavy (non-hydrogen) atoms. The van der Waals surface area contributed by atoms with E-state index in [2.05, 4.69) is 32.9 Å². The lowest BCUT2D eigenvalue weighted by molar-refractivity contribution is -0.139. The van der Waals surface area contributed by atoms with Gasteiger partial charge in [0.15, 0.2) is 0 Å². The molecule has 1 rings (SSSR count). The van der Waals surface area contributed by atoms with Gasteiger partial charge in [0.1, 0.15) is 4.83 Å². The minimum absolute atomic E-state index is 0.239. The molecular formula is C10H18BrNO3. The van der Waals surface area contributed by atoms with Gasteiger partial charge in [-0.1, -0.05) is 15.9 Å². The Morgan fingerprint density at radius 3 is 3.00 bits per heavy atom. The molecule has 4 nitrogen and oxygen atoms in total. The second-order valence-electron chi connectivity index (χ2n) is 3.81.